The van der Waals surface area contributed by atoms with E-state index in [-0.39, 0.29) is 39.3 Å². The lowest BCUT2D eigenvalue weighted by Gasteiger charge is -2.31. The smallest absolute Gasteiger partial charge is 0.345 e. The van der Waals surface area contributed by atoms with Crippen molar-refractivity contribution in [3.8, 4) is 0 Å². The van der Waals surface area contributed by atoms with Crippen LogP contribution in [-0.2, 0) is 32.0 Å². The minimum absolute atomic E-state index is 0.0686. The van der Waals surface area contributed by atoms with E-state index in [9.17, 15) is 13.9 Å². The lowest BCUT2D eigenvalue weighted by molar-refractivity contribution is -0.137. The van der Waals surface area contributed by atoms with Crippen LogP contribution in [0.15, 0.2) is 0 Å². The molecule has 0 spiro atoms. The van der Waals surface area contributed by atoms with Crippen molar-refractivity contribution >= 4 is 21.2 Å². The molecule has 0 unspecified atom stereocenters. The normalized spacial score (nSPS) is 12.8. The Bertz CT molecular complexity index is 375. The van der Waals surface area contributed by atoms with Crippen molar-refractivity contribution in [1.82, 2.24) is 0 Å². The summed E-state index contributed by atoms with van der Waals surface area (Å²) in [7, 11) is -7.69. The Morgan fingerprint density at radius 3 is 1.41 bits per heavy atom. The van der Waals surface area contributed by atoms with Gasteiger partial charge in [-0.05, 0) is 34.1 Å². The monoisotopic (exact) mass is 360 g/mol. The molecule has 0 saturated carbocycles. The second-order valence-electron chi connectivity index (χ2n) is 4.16. The fraction of sp³-hybridized carbons (Fsp3) is 0.917. The summed E-state index contributed by atoms with van der Waals surface area (Å²) < 4.78 is 46.8. The summed E-state index contributed by atoms with van der Waals surface area (Å²) in [6.45, 7) is 6.74. The zero-order valence-electron chi connectivity index (χ0n) is 13.5. The van der Waals surface area contributed by atoms with Gasteiger partial charge in [0.15, 0.2) is 5.40 Å². The first-order valence-electron chi connectivity index (χ1n) is 7.28. The number of hydrogen-bond acceptors (Lipinski definition) is 7. The van der Waals surface area contributed by atoms with Crippen molar-refractivity contribution in [2.75, 3.05) is 26.4 Å². The Hall–Kier alpha value is -0.230. The average molecular weight is 360 g/mol. The van der Waals surface area contributed by atoms with Gasteiger partial charge in [0.05, 0.1) is 26.4 Å². The molecule has 0 aliphatic carbocycles. The van der Waals surface area contributed by atoms with Crippen molar-refractivity contribution in [3.63, 3.8) is 0 Å². The van der Waals surface area contributed by atoms with Crippen LogP contribution in [0.2, 0.25) is 0 Å². The lowest BCUT2D eigenvalue weighted by Crippen LogP contribution is -2.19. The van der Waals surface area contributed by atoms with Crippen LogP contribution < -0.4 is 0 Å². The SMILES string of the molecule is CCOP(=O)(OCC)C(CCC(=O)O)P(=O)(OCC)OCC. The minimum Gasteiger partial charge on any atom is -0.481 e. The van der Waals surface area contributed by atoms with E-state index >= 15 is 0 Å². The second-order valence-corrected chi connectivity index (χ2v) is 9.01. The molecule has 0 aliphatic heterocycles. The number of carboxylic acids is 1. The first-order chi connectivity index (χ1) is 10.3. The van der Waals surface area contributed by atoms with Gasteiger partial charge in [0.2, 0.25) is 0 Å². The van der Waals surface area contributed by atoms with Crippen LogP contribution in [0.4, 0.5) is 0 Å². The summed E-state index contributed by atoms with van der Waals surface area (Å²) >= 11 is 0. The third-order valence-electron chi connectivity index (χ3n) is 2.58. The van der Waals surface area contributed by atoms with E-state index < -0.39 is 26.6 Å². The molecule has 8 nitrogen and oxygen atoms in total. The fourth-order valence-electron chi connectivity index (χ4n) is 1.88. The number of aliphatic carboxylic acids is 1. The molecule has 0 amide bonds. The van der Waals surface area contributed by atoms with Gasteiger partial charge in [-0.15, -0.1) is 0 Å². The van der Waals surface area contributed by atoms with Crippen molar-refractivity contribution < 1.29 is 37.1 Å². The lowest BCUT2D eigenvalue weighted by atomic mass is 10.3. The Morgan fingerprint density at radius 2 is 1.18 bits per heavy atom. The highest BCUT2D eigenvalue weighted by Crippen LogP contribution is 2.71. The first kappa shape index (κ1) is 21.8. The molecule has 0 radical (unpaired) electrons. The first-order valence-corrected chi connectivity index (χ1v) is 10.5. The molecule has 132 valence electrons. The van der Waals surface area contributed by atoms with E-state index in [1.165, 1.54) is 0 Å². The molecule has 0 aromatic heterocycles. The Labute approximate surface area is 131 Å². The van der Waals surface area contributed by atoms with Crippen LogP contribution in [0.3, 0.4) is 0 Å². The van der Waals surface area contributed by atoms with Gasteiger partial charge in [0.25, 0.3) is 0 Å². The summed E-state index contributed by atoms with van der Waals surface area (Å²) in [4.78, 5) is 10.8. The third kappa shape index (κ3) is 6.49. The largest absolute Gasteiger partial charge is 0.481 e. The van der Waals surface area contributed by atoms with Gasteiger partial charge in [0.1, 0.15) is 0 Å². The average Bonchev–Trinajstić information content (AvgIpc) is 2.39. The molecule has 0 aromatic rings. The summed E-state index contributed by atoms with van der Waals surface area (Å²) in [5.74, 6) is -1.11. The van der Waals surface area contributed by atoms with Crippen LogP contribution >= 0.6 is 15.2 Å². The molecule has 0 aliphatic rings. The third-order valence-corrected chi connectivity index (χ3v) is 8.73. The highest BCUT2D eigenvalue weighted by atomic mass is 31.2. The molecule has 0 rings (SSSR count). The molecule has 10 heteroatoms. The number of carbonyl (C=O) groups is 1. The Kier molecular flexibility index (Phi) is 10.4. The zero-order chi connectivity index (χ0) is 17.2. The van der Waals surface area contributed by atoms with Gasteiger partial charge >= 0.3 is 21.2 Å². The van der Waals surface area contributed by atoms with Crippen molar-refractivity contribution in [3.05, 3.63) is 0 Å². The molecule has 0 fully saturated rings. The molecule has 1 N–H and O–H groups in total. The maximum absolute atomic E-state index is 13.0. The van der Waals surface area contributed by atoms with Crippen LogP contribution in [0.1, 0.15) is 40.5 Å². The van der Waals surface area contributed by atoms with E-state index in [0.717, 1.165) is 0 Å². The maximum Gasteiger partial charge on any atom is 0.345 e. The van der Waals surface area contributed by atoms with Crippen molar-refractivity contribution in [2.24, 2.45) is 0 Å². The van der Waals surface area contributed by atoms with Crippen molar-refractivity contribution in [2.45, 2.75) is 45.9 Å². The van der Waals surface area contributed by atoms with Gasteiger partial charge in [-0.2, -0.15) is 0 Å². The number of hydrogen-bond donors (Lipinski definition) is 1. The predicted molar refractivity (Wildman–Crippen MR) is 82.4 cm³/mol. The van der Waals surface area contributed by atoms with E-state index in [1.807, 2.05) is 0 Å². The van der Waals surface area contributed by atoms with Crippen molar-refractivity contribution in [1.29, 1.82) is 0 Å². The van der Waals surface area contributed by atoms with E-state index in [4.69, 9.17) is 23.2 Å². The van der Waals surface area contributed by atoms with E-state index in [2.05, 4.69) is 0 Å². The molecule has 0 heterocycles. The van der Waals surface area contributed by atoms with Gasteiger partial charge < -0.3 is 23.2 Å². The van der Waals surface area contributed by atoms with Gasteiger partial charge in [-0.3, -0.25) is 13.9 Å². The maximum atomic E-state index is 13.0. The van der Waals surface area contributed by atoms with Gasteiger partial charge in [0, 0.05) is 6.42 Å². The summed E-state index contributed by atoms with van der Waals surface area (Å²) in [6.07, 6.45) is -0.539. The fourth-order valence-corrected chi connectivity index (χ4v) is 7.23. The molecular weight excluding hydrogens is 334 g/mol. The second kappa shape index (κ2) is 10.5. The van der Waals surface area contributed by atoms with Crippen LogP contribution in [0.5, 0.6) is 0 Å². The summed E-state index contributed by atoms with van der Waals surface area (Å²) in [5.41, 5.74) is 0. The highest BCUT2D eigenvalue weighted by Gasteiger charge is 2.50. The summed E-state index contributed by atoms with van der Waals surface area (Å²) in [5, 5.41) is 7.60. The van der Waals surface area contributed by atoms with Crippen LogP contribution in [0, 0.1) is 0 Å². The molecular formula is C12H26O8P2. The molecule has 0 aromatic carbocycles. The van der Waals surface area contributed by atoms with Gasteiger partial charge in [-0.1, -0.05) is 0 Å². The Morgan fingerprint density at radius 1 is 0.864 bits per heavy atom. The van der Waals surface area contributed by atoms with Crippen LogP contribution in [-0.4, -0.2) is 42.9 Å². The molecule has 22 heavy (non-hydrogen) atoms. The topological polar surface area (TPSA) is 108 Å². The summed E-state index contributed by atoms with van der Waals surface area (Å²) in [6, 6.07) is 0. The Balaban J connectivity index is 5.68. The number of carboxylic acid groups (broad SMARTS) is 1. The van der Waals surface area contributed by atoms with E-state index in [0.29, 0.717) is 0 Å². The van der Waals surface area contributed by atoms with E-state index in [1.54, 1.807) is 27.7 Å². The zero-order valence-corrected chi connectivity index (χ0v) is 15.3. The standard InChI is InChI=1S/C12H26O8P2/c1-5-17-21(15,18-6-2)12(10-9-11(13)14)22(16,19-7-3)20-8-4/h12H,5-10H2,1-4H3,(H,13,14). The number of rotatable bonds is 13. The quantitative estimate of drug-likeness (QED) is 0.495. The van der Waals surface area contributed by atoms with Gasteiger partial charge in [-0.25, -0.2) is 0 Å². The molecule has 0 saturated heterocycles. The van der Waals surface area contributed by atoms with Crippen LogP contribution in [0.25, 0.3) is 0 Å². The molecule has 0 atom stereocenters. The predicted octanol–water partition coefficient (Wildman–Crippen LogP) is 3.71. The minimum atomic E-state index is -3.84. The molecule has 0 bridgehead atoms. The highest BCUT2D eigenvalue weighted by molar-refractivity contribution is 7.72.